The smallest absolute Gasteiger partial charge is 0.151 e. The van der Waals surface area contributed by atoms with E-state index in [1.165, 1.54) is 0 Å². The fraction of sp³-hybridized carbons (Fsp3) is 0. The number of halogens is 1. The lowest BCUT2D eigenvalue weighted by atomic mass is 10.2. The van der Waals surface area contributed by atoms with Crippen LogP contribution in [0.25, 0.3) is 0 Å². The zero-order valence-electron chi connectivity index (χ0n) is 9.05. The zero-order chi connectivity index (χ0) is 12.5. The molecule has 0 N–H and O–H groups in total. The second kappa shape index (κ2) is 7.52. The molecule has 2 aromatic carbocycles. The van der Waals surface area contributed by atoms with Crippen molar-refractivity contribution in [1.29, 1.82) is 0 Å². The van der Waals surface area contributed by atoms with Crippen LogP contribution in [0, 0.1) is 0 Å². The van der Waals surface area contributed by atoms with E-state index in [4.69, 9.17) is 0 Å². The Morgan fingerprint density at radius 2 is 1.35 bits per heavy atom. The van der Waals surface area contributed by atoms with Crippen LogP contribution in [0.5, 0.6) is 0 Å². The van der Waals surface area contributed by atoms with E-state index in [0.29, 0.717) is 5.56 Å². The molecule has 0 unspecified atom stereocenters. The highest BCUT2D eigenvalue weighted by atomic mass is 79.9. The number of benzene rings is 2. The van der Waals surface area contributed by atoms with Gasteiger partial charge in [-0.1, -0.05) is 64.5 Å². The van der Waals surface area contributed by atoms with E-state index in [2.05, 4.69) is 15.9 Å². The molecule has 0 amide bonds. The summed E-state index contributed by atoms with van der Waals surface area (Å²) in [5.74, 6) is 0. The minimum Gasteiger partial charge on any atom is -0.298 e. The molecule has 3 heteroatoms. The van der Waals surface area contributed by atoms with Gasteiger partial charge >= 0.3 is 0 Å². The van der Waals surface area contributed by atoms with Crippen LogP contribution < -0.4 is 0 Å². The Hall–Kier alpha value is -1.74. The molecule has 0 aliphatic rings. The minimum atomic E-state index is 0.692. The zero-order valence-corrected chi connectivity index (χ0v) is 10.6. The largest absolute Gasteiger partial charge is 0.298 e. The monoisotopic (exact) mass is 290 g/mol. The molecule has 2 aromatic rings. The average molecular weight is 291 g/mol. The molecule has 0 aliphatic carbocycles. The van der Waals surface area contributed by atoms with Gasteiger partial charge in [-0.25, -0.2) is 0 Å². The van der Waals surface area contributed by atoms with Crippen LogP contribution in [-0.2, 0) is 0 Å². The number of hydrogen-bond acceptors (Lipinski definition) is 2. The van der Waals surface area contributed by atoms with E-state index in [9.17, 15) is 9.59 Å². The van der Waals surface area contributed by atoms with Crippen LogP contribution in [0.1, 0.15) is 20.7 Å². The normalized spacial score (nSPS) is 8.76. The van der Waals surface area contributed by atoms with Crippen LogP contribution in [0.4, 0.5) is 0 Å². The lowest BCUT2D eigenvalue weighted by molar-refractivity contribution is 0.111. The Kier molecular flexibility index (Phi) is 5.89. The molecule has 0 heterocycles. The summed E-state index contributed by atoms with van der Waals surface area (Å²) >= 11 is 3.23. The van der Waals surface area contributed by atoms with Crippen LogP contribution in [0.2, 0.25) is 0 Å². The highest BCUT2D eigenvalue weighted by Gasteiger charge is 1.92. The van der Waals surface area contributed by atoms with Crippen LogP contribution >= 0.6 is 15.9 Å². The molecule has 0 aromatic heterocycles. The molecule has 0 saturated heterocycles. The van der Waals surface area contributed by atoms with Gasteiger partial charge in [-0.15, -0.1) is 0 Å². The molecule has 0 fully saturated rings. The molecular weight excluding hydrogens is 280 g/mol. The van der Waals surface area contributed by atoms with E-state index in [1.807, 2.05) is 36.4 Å². The second-order valence-corrected chi connectivity index (χ2v) is 4.02. The van der Waals surface area contributed by atoms with Gasteiger partial charge in [0.15, 0.2) is 6.29 Å². The van der Waals surface area contributed by atoms with Crippen molar-refractivity contribution in [3.05, 3.63) is 70.2 Å². The molecule has 86 valence electrons. The van der Waals surface area contributed by atoms with Gasteiger partial charge in [-0.05, 0) is 6.07 Å². The van der Waals surface area contributed by atoms with Gasteiger partial charge in [0.2, 0.25) is 0 Å². The number of carbonyl (C=O) groups excluding carboxylic acids is 2. The number of rotatable bonds is 2. The Bertz CT molecular complexity index is 481. The lowest BCUT2D eigenvalue weighted by Crippen LogP contribution is -1.78. The molecule has 0 radical (unpaired) electrons. The quantitative estimate of drug-likeness (QED) is 0.789. The molecule has 0 aliphatic heterocycles. The van der Waals surface area contributed by atoms with Crippen LogP contribution in [0.3, 0.4) is 0 Å². The lowest BCUT2D eigenvalue weighted by Gasteiger charge is -1.90. The van der Waals surface area contributed by atoms with Crippen molar-refractivity contribution >= 4 is 28.5 Å². The predicted octanol–water partition coefficient (Wildman–Crippen LogP) is 3.76. The summed E-state index contributed by atoms with van der Waals surface area (Å²) in [6, 6.07) is 16.4. The van der Waals surface area contributed by atoms with Crippen molar-refractivity contribution in [2.45, 2.75) is 0 Å². The summed E-state index contributed by atoms with van der Waals surface area (Å²) in [6.45, 7) is 0. The Morgan fingerprint density at radius 1 is 0.765 bits per heavy atom. The maximum absolute atomic E-state index is 10.2. The number of aldehydes is 2. The first-order valence-electron chi connectivity index (χ1n) is 4.98. The summed E-state index contributed by atoms with van der Waals surface area (Å²) < 4.78 is 0.847. The summed E-state index contributed by atoms with van der Waals surface area (Å²) in [5.41, 5.74) is 1.42. The fourth-order valence-electron chi connectivity index (χ4n) is 1.10. The summed E-state index contributed by atoms with van der Waals surface area (Å²) in [6.07, 6.45) is 1.66. The topological polar surface area (TPSA) is 34.1 Å². The highest BCUT2D eigenvalue weighted by Crippen LogP contribution is 2.12. The Labute approximate surface area is 108 Å². The maximum Gasteiger partial charge on any atom is 0.151 e. The average Bonchev–Trinajstić information content (AvgIpc) is 2.41. The first kappa shape index (κ1) is 13.3. The van der Waals surface area contributed by atoms with Gasteiger partial charge in [0, 0.05) is 15.6 Å². The highest BCUT2D eigenvalue weighted by molar-refractivity contribution is 9.10. The van der Waals surface area contributed by atoms with Gasteiger partial charge in [0.25, 0.3) is 0 Å². The van der Waals surface area contributed by atoms with Gasteiger partial charge in [0.1, 0.15) is 6.29 Å². The van der Waals surface area contributed by atoms with Crippen molar-refractivity contribution in [3.63, 3.8) is 0 Å². The van der Waals surface area contributed by atoms with Crippen molar-refractivity contribution in [2.24, 2.45) is 0 Å². The van der Waals surface area contributed by atoms with E-state index < -0.39 is 0 Å². The summed E-state index contributed by atoms with van der Waals surface area (Å²) in [4.78, 5) is 20.2. The van der Waals surface area contributed by atoms with Crippen LogP contribution in [0.15, 0.2) is 59.1 Å². The molecular formula is C14H11BrO2. The van der Waals surface area contributed by atoms with Gasteiger partial charge < -0.3 is 0 Å². The molecule has 0 atom stereocenters. The van der Waals surface area contributed by atoms with Gasteiger partial charge in [-0.2, -0.15) is 0 Å². The predicted molar refractivity (Wildman–Crippen MR) is 71.4 cm³/mol. The summed E-state index contributed by atoms with van der Waals surface area (Å²) in [7, 11) is 0. The van der Waals surface area contributed by atoms with E-state index in [1.54, 1.807) is 18.2 Å². The van der Waals surface area contributed by atoms with Crippen LogP contribution in [-0.4, -0.2) is 12.6 Å². The van der Waals surface area contributed by atoms with E-state index in [-0.39, 0.29) is 0 Å². The third kappa shape index (κ3) is 4.74. The molecule has 0 bridgehead atoms. The van der Waals surface area contributed by atoms with Gasteiger partial charge in [-0.3, -0.25) is 9.59 Å². The van der Waals surface area contributed by atoms with Crippen molar-refractivity contribution < 1.29 is 9.59 Å². The SMILES string of the molecule is O=Cc1ccccc1.O=Cc1ccccc1Br. The van der Waals surface area contributed by atoms with E-state index in [0.717, 1.165) is 22.6 Å². The maximum atomic E-state index is 10.2. The van der Waals surface area contributed by atoms with Crippen molar-refractivity contribution in [3.8, 4) is 0 Å². The third-order valence-corrected chi connectivity index (χ3v) is 2.69. The molecule has 2 nitrogen and oxygen atoms in total. The summed E-state index contributed by atoms with van der Waals surface area (Å²) in [5, 5.41) is 0. The molecule has 0 saturated carbocycles. The third-order valence-electron chi connectivity index (χ3n) is 1.97. The standard InChI is InChI=1S/C7H5BrO.C7H6O/c8-7-4-2-1-3-6(7)5-9;8-6-7-4-2-1-3-5-7/h1-5H;1-6H. The van der Waals surface area contributed by atoms with Crippen molar-refractivity contribution in [2.75, 3.05) is 0 Å². The van der Waals surface area contributed by atoms with Gasteiger partial charge in [0.05, 0.1) is 0 Å². The number of hydrogen-bond donors (Lipinski definition) is 0. The Balaban J connectivity index is 0.000000171. The Morgan fingerprint density at radius 3 is 1.76 bits per heavy atom. The molecule has 0 spiro atoms. The minimum absolute atomic E-state index is 0.692. The number of carbonyl (C=O) groups is 2. The van der Waals surface area contributed by atoms with E-state index >= 15 is 0 Å². The first-order chi connectivity index (χ1) is 8.27. The second-order valence-electron chi connectivity index (χ2n) is 3.17. The fourth-order valence-corrected chi connectivity index (χ4v) is 1.48. The molecule has 2 rings (SSSR count). The first-order valence-corrected chi connectivity index (χ1v) is 5.77. The molecule has 17 heavy (non-hydrogen) atoms. The van der Waals surface area contributed by atoms with Crippen molar-refractivity contribution in [1.82, 2.24) is 0 Å².